The summed E-state index contributed by atoms with van der Waals surface area (Å²) in [6.07, 6.45) is 0. The number of nitrogens with two attached hydrogens (primary N) is 1. The zero-order valence-electron chi connectivity index (χ0n) is 5.93. The summed E-state index contributed by atoms with van der Waals surface area (Å²) in [6.45, 7) is 0.501. The second kappa shape index (κ2) is 3.82. The van der Waals surface area contributed by atoms with Gasteiger partial charge in [-0.3, -0.25) is 9.36 Å². The molecule has 0 heterocycles. The van der Waals surface area contributed by atoms with Gasteiger partial charge in [-0.25, -0.2) is 0 Å². The van der Waals surface area contributed by atoms with Gasteiger partial charge in [0.2, 0.25) is 0 Å². The monoisotopic (exact) mass is 183 g/mol. The number of aliphatic carboxylic acids is 1. The van der Waals surface area contributed by atoms with E-state index in [0.29, 0.717) is 0 Å². The number of carboxylic acid groups (broad SMARTS) is 1. The van der Waals surface area contributed by atoms with Crippen LogP contribution in [0.4, 0.5) is 0 Å². The van der Waals surface area contributed by atoms with Gasteiger partial charge < -0.3 is 20.3 Å². The molecule has 0 spiro atoms. The Balaban J connectivity index is 3.72. The molecule has 0 saturated heterocycles. The molecule has 0 aromatic carbocycles. The van der Waals surface area contributed by atoms with Crippen molar-refractivity contribution in [1.29, 1.82) is 0 Å². The van der Waals surface area contributed by atoms with Crippen LogP contribution < -0.4 is 5.73 Å². The van der Waals surface area contributed by atoms with Gasteiger partial charge >= 0.3 is 13.6 Å². The minimum Gasteiger partial charge on any atom is -0.480 e. The first kappa shape index (κ1) is 10.6. The Labute approximate surface area is 63.5 Å². The highest BCUT2D eigenvalue weighted by atomic mass is 31.2. The van der Waals surface area contributed by atoms with Crippen LogP contribution in [0.25, 0.3) is 0 Å². The Hall–Kier alpha value is -0.420. The van der Waals surface area contributed by atoms with Crippen LogP contribution in [0.3, 0.4) is 0 Å². The van der Waals surface area contributed by atoms with Crippen molar-refractivity contribution >= 4 is 13.6 Å². The zero-order chi connectivity index (χ0) is 9.07. The lowest BCUT2D eigenvalue weighted by atomic mass is 10.3. The standard InChI is InChI=1S/C4H10NO5P/c1-11(8,9)10-2-3(5)4(6)7/h3H,2,5H2,1H3,(H,6,7)(H,8,9). The Morgan fingerprint density at radius 3 is 2.55 bits per heavy atom. The van der Waals surface area contributed by atoms with Crippen LogP contribution in [0.5, 0.6) is 0 Å². The van der Waals surface area contributed by atoms with Crippen LogP contribution in [0.1, 0.15) is 0 Å². The van der Waals surface area contributed by atoms with Crippen molar-refractivity contribution in [2.75, 3.05) is 13.3 Å². The maximum Gasteiger partial charge on any atom is 0.325 e. The van der Waals surface area contributed by atoms with E-state index >= 15 is 0 Å². The molecular weight excluding hydrogens is 173 g/mol. The summed E-state index contributed by atoms with van der Waals surface area (Å²) in [6, 6.07) is -1.25. The van der Waals surface area contributed by atoms with Crippen molar-refractivity contribution in [2.45, 2.75) is 6.04 Å². The normalized spacial score (nSPS) is 18.8. The van der Waals surface area contributed by atoms with Crippen LogP contribution in [-0.2, 0) is 13.9 Å². The van der Waals surface area contributed by atoms with E-state index in [-0.39, 0.29) is 0 Å². The number of hydrogen-bond donors (Lipinski definition) is 3. The van der Waals surface area contributed by atoms with Crippen molar-refractivity contribution in [1.82, 2.24) is 0 Å². The number of hydrogen-bond acceptors (Lipinski definition) is 4. The first-order valence-electron chi connectivity index (χ1n) is 2.76. The maximum absolute atomic E-state index is 10.4. The van der Waals surface area contributed by atoms with Crippen molar-refractivity contribution in [3.8, 4) is 0 Å². The summed E-state index contributed by atoms with van der Waals surface area (Å²) in [5.74, 6) is -1.27. The fourth-order valence-electron chi connectivity index (χ4n) is 0.290. The highest BCUT2D eigenvalue weighted by molar-refractivity contribution is 7.51. The van der Waals surface area contributed by atoms with Crippen molar-refractivity contribution in [3.05, 3.63) is 0 Å². The topological polar surface area (TPSA) is 110 Å². The fourth-order valence-corrected chi connectivity index (χ4v) is 0.727. The summed E-state index contributed by atoms with van der Waals surface area (Å²) in [4.78, 5) is 18.6. The largest absolute Gasteiger partial charge is 0.480 e. The van der Waals surface area contributed by atoms with Gasteiger partial charge in [-0.2, -0.15) is 0 Å². The summed E-state index contributed by atoms with van der Waals surface area (Å²) in [7, 11) is -3.60. The van der Waals surface area contributed by atoms with Gasteiger partial charge in [0.25, 0.3) is 0 Å². The van der Waals surface area contributed by atoms with Gasteiger partial charge in [-0.15, -0.1) is 0 Å². The lowest BCUT2D eigenvalue weighted by Gasteiger charge is -2.08. The molecule has 0 aliphatic rings. The van der Waals surface area contributed by atoms with E-state index in [0.717, 1.165) is 6.66 Å². The fraction of sp³-hybridized carbons (Fsp3) is 0.750. The molecule has 0 fully saturated rings. The minimum absolute atomic E-state index is 0.459. The molecule has 0 rings (SSSR count). The van der Waals surface area contributed by atoms with E-state index in [1.807, 2.05) is 0 Å². The Morgan fingerprint density at radius 1 is 1.82 bits per heavy atom. The molecule has 2 atom stereocenters. The average molecular weight is 183 g/mol. The van der Waals surface area contributed by atoms with Gasteiger partial charge in [0.15, 0.2) is 0 Å². The van der Waals surface area contributed by atoms with Crippen LogP contribution in [0.15, 0.2) is 0 Å². The zero-order valence-corrected chi connectivity index (χ0v) is 6.82. The molecule has 0 amide bonds. The third-order valence-corrected chi connectivity index (χ3v) is 1.44. The van der Waals surface area contributed by atoms with Crippen LogP contribution >= 0.6 is 7.60 Å². The minimum atomic E-state index is -3.60. The molecule has 7 heteroatoms. The van der Waals surface area contributed by atoms with Gasteiger partial charge in [0.05, 0.1) is 6.61 Å². The predicted octanol–water partition coefficient (Wildman–Crippen LogP) is -0.770. The van der Waals surface area contributed by atoms with Crippen LogP contribution in [0.2, 0.25) is 0 Å². The maximum atomic E-state index is 10.4. The highest BCUT2D eigenvalue weighted by Crippen LogP contribution is 2.36. The molecule has 0 aromatic heterocycles. The van der Waals surface area contributed by atoms with Gasteiger partial charge in [-0.1, -0.05) is 0 Å². The summed E-state index contributed by atoms with van der Waals surface area (Å²) in [5, 5.41) is 8.20. The molecule has 0 saturated carbocycles. The van der Waals surface area contributed by atoms with Gasteiger partial charge in [-0.05, 0) is 0 Å². The summed E-state index contributed by atoms with van der Waals surface area (Å²) < 4.78 is 14.7. The van der Waals surface area contributed by atoms with E-state index in [1.54, 1.807) is 0 Å². The molecule has 6 nitrogen and oxygen atoms in total. The summed E-state index contributed by atoms with van der Waals surface area (Å²) >= 11 is 0. The number of rotatable bonds is 4. The van der Waals surface area contributed by atoms with Crippen LogP contribution in [0, 0.1) is 0 Å². The lowest BCUT2D eigenvalue weighted by molar-refractivity contribution is -0.139. The van der Waals surface area contributed by atoms with Crippen molar-refractivity contribution < 1.29 is 23.9 Å². The smallest absolute Gasteiger partial charge is 0.325 e. The molecule has 0 bridgehead atoms. The van der Waals surface area contributed by atoms with Gasteiger partial charge in [0.1, 0.15) is 6.04 Å². The predicted molar refractivity (Wildman–Crippen MR) is 37.3 cm³/mol. The third-order valence-electron chi connectivity index (χ3n) is 0.811. The highest BCUT2D eigenvalue weighted by Gasteiger charge is 2.17. The Kier molecular flexibility index (Phi) is 3.68. The molecule has 11 heavy (non-hydrogen) atoms. The van der Waals surface area contributed by atoms with E-state index in [1.165, 1.54) is 0 Å². The van der Waals surface area contributed by atoms with Crippen LogP contribution in [-0.4, -0.2) is 35.3 Å². The first-order valence-corrected chi connectivity index (χ1v) is 4.78. The summed E-state index contributed by atoms with van der Waals surface area (Å²) in [5.41, 5.74) is 4.97. The number of carbonyl (C=O) groups is 1. The lowest BCUT2D eigenvalue weighted by Crippen LogP contribution is -2.34. The molecule has 66 valence electrons. The molecule has 0 aliphatic heterocycles. The second-order valence-electron chi connectivity index (χ2n) is 2.04. The second-order valence-corrected chi connectivity index (χ2v) is 3.91. The van der Waals surface area contributed by atoms with E-state index in [4.69, 9.17) is 15.7 Å². The molecular formula is C4H10NO5P. The SMILES string of the molecule is CP(=O)(O)OCC(N)C(=O)O. The Morgan fingerprint density at radius 2 is 2.27 bits per heavy atom. The van der Waals surface area contributed by atoms with E-state index < -0.39 is 26.2 Å². The average Bonchev–Trinajstić information content (AvgIpc) is 1.80. The molecule has 4 N–H and O–H groups in total. The van der Waals surface area contributed by atoms with Gasteiger partial charge in [0, 0.05) is 6.66 Å². The van der Waals surface area contributed by atoms with Crippen molar-refractivity contribution in [2.24, 2.45) is 5.73 Å². The first-order chi connectivity index (χ1) is 4.83. The Bertz CT molecular complexity index is 187. The number of carboxylic acids is 1. The van der Waals surface area contributed by atoms with Crippen molar-refractivity contribution in [3.63, 3.8) is 0 Å². The molecule has 2 unspecified atom stereocenters. The molecule has 0 aliphatic carbocycles. The quantitative estimate of drug-likeness (QED) is 0.493. The molecule has 0 aromatic rings. The van der Waals surface area contributed by atoms with E-state index in [2.05, 4.69) is 4.52 Å². The van der Waals surface area contributed by atoms with E-state index in [9.17, 15) is 9.36 Å². The molecule has 0 radical (unpaired) electrons. The third kappa shape index (κ3) is 6.00.